The van der Waals surface area contributed by atoms with Crippen molar-refractivity contribution in [2.24, 2.45) is 5.92 Å². The van der Waals surface area contributed by atoms with E-state index in [9.17, 15) is 4.79 Å². The van der Waals surface area contributed by atoms with Crippen LogP contribution in [0.3, 0.4) is 0 Å². The van der Waals surface area contributed by atoms with Crippen molar-refractivity contribution in [2.45, 2.75) is 26.3 Å². The number of fused-ring (bicyclic) bond motifs is 1. The summed E-state index contributed by atoms with van der Waals surface area (Å²) in [5.74, 6) is 0.646. The minimum Gasteiger partial charge on any atom is -0.351 e. The average Bonchev–Trinajstić information content (AvgIpc) is 3.18. The van der Waals surface area contributed by atoms with Gasteiger partial charge in [0, 0.05) is 35.6 Å². The van der Waals surface area contributed by atoms with Crippen LogP contribution in [0.25, 0.3) is 10.9 Å². The Kier molecular flexibility index (Phi) is 6.22. The fourth-order valence-electron chi connectivity index (χ4n) is 4.22. The number of halogens is 1. The van der Waals surface area contributed by atoms with Crippen LogP contribution in [-0.4, -0.2) is 46.9 Å². The van der Waals surface area contributed by atoms with Gasteiger partial charge in [-0.05, 0) is 62.5 Å². The molecule has 4 nitrogen and oxygen atoms in total. The van der Waals surface area contributed by atoms with Gasteiger partial charge in [-0.2, -0.15) is 0 Å². The van der Waals surface area contributed by atoms with E-state index in [1.807, 2.05) is 53.4 Å². The monoisotopic (exact) mass is 409 g/mol. The summed E-state index contributed by atoms with van der Waals surface area (Å²) in [6.45, 7) is 6.62. The quantitative estimate of drug-likeness (QED) is 0.608. The van der Waals surface area contributed by atoms with Gasteiger partial charge in [-0.1, -0.05) is 48.0 Å². The minimum atomic E-state index is 0.0993. The van der Waals surface area contributed by atoms with Gasteiger partial charge in [-0.25, -0.2) is 0 Å². The summed E-state index contributed by atoms with van der Waals surface area (Å²) in [6, 6.07) is 18.1. The number of benzene rings is 2. The Bertz CT molecular complexity index is 942. The first-order valence-electron chi connectivity index (χ1n) is 10.5. The lowest BCUT2D eigenvalue weighted by Crippen LogP contribution is -2.40. The van der Waals surface area contributed by atoms with Crippen molar-refractivity contribution < 1.29 is 4.79 Å². The Hall–Kier alpha value is -2.30. The summed E-state index contributed by atoms with van der Waals surface area (Å²) in [7, 11) is 0. The lowest BCUT2D eigenvalue weighted by molar-refractivity contribution is 0.0694. The van der Waals surface area contributed by atoms with Gasteiger partial charge in [0.05, 0.1) is 0 Å². The molecule has 2 heterocycles. The van der Waals surface area contributed by atoms with Crippen molar-refractivity contribution in [2.75, 3.05) is 26.2 Å². The van der Waals surface area contributed by atoms with E-state index in [-0.39, 0.29) is 5.91 Å². The first-order valence-corrected chi connectivity index (χ1v) is 10.8. The molecule has 152 valence electrons. The number of piperidine rings is 1. The predicted molar refractivity (Wildman–Crippen MR) is 119 cm³/mol. The zero-order valence-electron chi connectivity index (χ0n) is 16.9. The second kappa shape index (κ2) is 9.02. The number of hydrogen-bond donors (Lipinski definition) is 1. The number of H-pyrrole nitrogens is 1. The number of hydrogen-bond acceptors (Lipinski definition) is 2. The van der Waals surface area contributed by atoms with Gasteiger partial charge in [0.25, 0.3) is 5.91 Å². The molecule has 0 saturated carbocycles. The number of likely N-dealkylation sites (tertiary alicyclic amines) is 1. The Labute approximate surface area is 177 Å². The normalized spacial score (nSPS) is 15.7. The number of carbonyl (C=O) groups is 1. The summed E-state index contributed by atoms with van der Waals surface area (Å²) in [5, 5.41) is 1.93. The van der Waals surface area contributed by atoms with Crippen molar-refractivity contribution in [3.63, 3.8) is 0 Å². The largest absolute Gasteiger partial charge is 0.351 e. The molecule has 29 heavy (non-hydrogen) atoms. The third-order valence-corrected chi connectivity index (χ3v) is 6.34. The van der Waals surface area contributed by atoms with E-state index in [1.165, 1.54) is 5.56 Å². The Morgan fingerprint density at radius 3 is 2.59 bits per heavy atom. The Balaban J connectivity index is 1.33. The number of nitrogens with one attached hydrogen (secondary N) is 1. The molecule has 0 unspecified atom stereocenters. The summed E-state index contributed by atoms with van der Waals surface area (Å²) < 4.78 is 0. The van der Waals surface area contributed by atoms with Gasteiger partial charge in [0.1, 0.15) is 5.69 Å². The number of nitrogens with zero attached hydrogens (tertiary/aromatic N) is 2. The topological polar surface area (TPSA) is 39.3 Å². The van der Waals surface area contributed by atoms with E-state index in [0.29, 0.717) is 11.6 Å². The van der Waals surface area contributed by atoms with E-state index >= 15 is 0 Å². The standard InChI is InChI=1S/C24H28ClN3O/c1-2-28(24(29)23-15-19-7-4-6-10-22(19)26-23)16-18-11-13-27(14-12-18)17-20-8-3-5-9-21(20)25/h3-10,15,18,26H,2,11-14,16-17H2,1H3. The highest BCUT2D eigenvalue weighted by atomic mass is 35.5. The van der Waals surface area contributed by atoms with E-state index < -0.39 is 0 Å². The number of amides is 1. The van der Waals surface area contributed by atoms with Crippen molar-refractivity contribution in [1.82, 2.24) is 14.8 Å². The maximum atomic E-state index is 13.0. The van der Waals surface area contributed by atoms with Crippen LogP contribution in [-0.2, 0) is 6.54 Å². The molecule has 5 heteroatoms. The molecular formula is C24H28ClN3O. The number of rotatable bonds is 6. The van der Waals surface area contributed by atoms with Crippen molar-refractivity contribution >= 4 is 28.4 Å². The third-order valence-electron chi connectivity index (χ3n) is 5.97. The minimum absolute atomic E-state index is 0.0993. The molecule has 1 N–H and O–H groups in total. The van der Waals surface area contributed by atoms with Crippen LogP contribution in [0.4, 0.5) is 0 Å². The number of carbonyl (C=O) groups excluding carboxylic acids is 1. The molecule has 0 bridgehead atoms. The van der Waals surface area contributed by atoms with Crippen molar-refractivity contribution in [1.29, 1.82) is 0 Å². The molecule has 0 aliphatic carbocycles. The molecule has 4 rings (SSSR count). The fraction of sp³-hybridized carbons (Fsp3) is 0.375. The first kappa shape index (κ1) is 20.0. The van der Waals surface area contributed by atoms with Crippen LogP contribution >= 0.6 is 11.6 Å². The molecule has 2 aromatic carbocycles. The summed E-state index contributed by atoms with van der Waals surface area (Å²) in [4.78, 5) is 20.8. The van der Waals surface area contributed by atoms with Crippen LogP contribution in [0, 0.1) is 5.92 Å². The molecule has 0 atom stereocenters. The molecule has 1 aromatic heterocycles. The first-order chi connectivity index (χ1) is 14.1. The van der Waals surface area contributed by atoms with E-state index in [4.69, 9.17) is 11.6 Å². The van der Waals surface area contributed by atoms with Gasteiger partial charge in [0.15, 0.2) is 0 Å². The van der Waals surface area contributed by atoms with Crippen LogP contribution in [0.2, 0.25) is 5.02 Å². The molecule has 1 saturated heterocycles. The lowest BCUT2D eigenvalue weighted by Gasteiger charge is -2.34. The van der Waals surface area contributed by atoms with Gasteiger partial charge in [0.2, 0.25) is 0 Å². The lowest BCUT2D eigenvalue weighted by atomic mass is 9.95. The molecule has 3 aromatic rings. The molecule has 1 amide bonds. The van der Waals surface area contributed by atoms with Crippen LogP contribution in [0.1, 0.15) is 35.8 Å². The molecule has 0 spiro atoms. The van der Waals surface area contributed by atoms with Gasteiger partial charge in [-0.3, -0.25) is 9.69 Å². The van der Waals surface area contributed by atoms with Crippen molar-refractivity contribution in [3.8, 4) is 0 Å². The predicted octanol–water partition coefficient (Wildman–Crippen LogP) is 5.20. The third kappa shape index (κ3) is 4.65. The van der Waals surface area contributed by atoms with Gasteiger partial charge >= 0.3 is 0 Å². The molecule has 1 aliphatic heterocycles. The van der Waals surface area contributed by atoms with E-state index in [0.717, 1.165) is 61.5 Å². The summed E-state index contributed by atoms with van der Waals surface area (Å²) in [5.41, 5.74) is 2.89. The number of aromatic nitrogens is 1. The highest BCUT2D eigenvalue weighted by molar-refractivity contribution is 6.31. The van der Waals surface area contributed by atoms with Crippen molar-refractivity contribution in [3.05, 3.63) is 70.9 Å². The fourth-order valence-corrected chi connectivity index (χ4v) is 4.42. The Morgan fingerprint density at radius 2 is 1.86 bits per heavy atom. The highest BCUT2D eigenvalue weighted by Gasteiger charge is 2.24. The maximum Gasteiger partial charge on any atom is 0.270 e. The Morgan fingerprint density at radius 1 is 1.14 bits per heavy atom. The number of aromatic amines is 1. The molecule has 1 aliphatic rings. The van der Waals surface area contributed by atoms with Gasteiger partial charge in [-0.15, -0.1) is 0 Å². The van der Waals surface area contributed by atoms with Gasteiger partial charge < -0.3 is 9.88 Å². The molecule has 0 radical (unpaired) electrons. The second-order valence-corrected chi connectivity index (χ2v) is 8.33. The molecular weight excluding hydrogens is 382 g/mol. The smallest absolute Gasteiger partial charge is 0.270 e. The summed E-state index contributed by atoms with van der Waals surface area (Å²) in [6.07, 6.45) is 2.22. The second-order valence-electron chi connectivity index (χ2n) is 7.92. The average molecular weight is 410 g/mol. The van der Waals surface area contributed by atoms with Crippen LogP contribution < -0.4 is 0 Å². The maximum absolute atomic E-state index is 13.0. The SMILES string of the molecule is CCN(CC1CCN(Cc2ccccc2Cl)CC1)C(=O)c1cc2ccccc2[nH]1. The highest BCUT2D eigenvalue weighted by Crippen LogP contribution is 2.24. The van der Waals surface area contributed by atoms with Crippen LogP contribution in [0.15, 0.2) is 54.6 Å². The van der Waals surface area contributed by atoms with E-state index in [2.05, 4.69) is 22.9 Å². The zero-order chi connectivity index (χ0) is 20.2. The molecule has 1 fully saturated rings. The summed E-state index contributed by atoms with van der Waals surface area (Å²) >= 11 is 6.31. The number of para-hydroxylation sites is 1. The van der Waals surface area contributed by atoms with Crippen LogP contribution in [0.5, 0.6) is 0 Å². The van der Waals surface area contributed by atoms with E-state index in [1.54, 1.807) is 0 Å². The zero-order valence-corrected chi connectivity index (χ0v) is 17.7.